The molecular formula is C14H22BP. The number of hydrogen-bond acceptors (Lipinski definition) is 0. The standard InChI is InChI=1S/C14H19P.BH3/c1-10-8-14-11(2)9-13(10)15(14)12-6-4-3-5-7-12;/h3-7,10-11,13-14H,8-9H2,1-2H3;1H3/t10-,11-,13+,14+;/m0./s1. The molecule has 1 aromatic rings. The van der Waals surface area contributed by atoms with Crippen molar-refractivity contribution in [1.82, 2.24) is 0 Å². The van der Waals surface area contributed by atoms with Crippen molar-refractivity contribution >= 4 is 21.6 Å². The van der Waals surface area contributed by atoms with E-state index in [0.717, 1.165) is 23.2 Å². The number of fused-ring (bicyclic) bond motifs is 2. The molecule has 0 spiro atoms. The molecule has 4 atom stereocenters. The molecular weight excluding hydrogens is 210 g/mol. The summed E-state index contributed by atoms with van der Waals surface area (Å²) >= 11 is 0. The van der Waals surface area contributed by atoms with Crippen LogP contribution in [0.4, 0.5) is 0 Å². The maximum atomic E-state index is 2.47. The Morgan fingerprint density at radius 1 is 0.938 bits per heavy atom. The van der Waals surface area contributed by atoms with Crippen LogP contribution < -0.4 is 5.30 Å². The summed E-state index contributed by atoms with van der Waals surface area (Å²) in [6.07, 6.45) is 2.98. The van der Waals surface area contributed by atoms with E-state index in [1.165, 1.54) is 12.8 Å². The predicted octanol–water partition coefficient (Wildman–Crippen LogP) is 2.43. The van der Waals surface area contributed by atoms with E-state index in [1.807, 2.05) is 0 Å². The van der Waals surface area contributed by atoms with Crippen LogP contribution >= 0.6 is 7.92 Å². The maximum Gasteiger partial charge on any atom is 0.0814 e. The van der Waals surface area contributed by atoms with E-state index in [1.54, 1.807) is 5.30 Å². The smallest absolute Gasteiger partial charge is 0.0684 e. The van der Waals surface area contributed by atoms with Gasteiger partial charge in [-0.3, -0.25) is 0 Å². The van der Waals surface area contributed by atoms with Crippen molar-refractivity contribution in [3.63, 3.8) is 0 Å². The van der Waals surface area contributed by atoms with Crippen LogP contribution in [0.1, 0.15) is 26.7 Å². The summed E-state index contributed by atoms with van der Waals surface area (Å²) < 4.78 is 0. The highest BCUT2D eigenvalue weighted by Crippen LogP contribution is 2.67. The summed E-state index contributed by atoms with van der Waals surface area (Å²) in [4.78, 5) is 0. The summed E-state index contributed by atoms with van der Waals surface area (Å²) in [5.41, 5.74) is 2.06. The Hall–Kier alpha value is -0.285. The predicted molar refractivity (Wildman–Crippen MR) is 78.1 cm³/mol. The molecule has 2 heteroatoms. The lowest BCUT2D eigenvalue weighted by atomic mass is 9.84. The summed E-state index contributed by atoms with van der Waals surface area (Å²) in [5, 5.41) is 1.66. The minimum atomic E-state index is 0. The molecule has 0 unspecified atom stereocenters. The molecule has 3 rings (SSSR count). The first-order valence-corrected chi connectivity index (χ1v) is 7.59. The summed E-state index contributed by atoms with van der Waals surface area (Å²) in [5.74, 6) is 1.97. The van der Waals surface area contributed by atoms with E-state index < -0.39 is 0 Å². The minimum absolute atomic E-state index is 0. The highest BCUT2D eigenvalue weighted by atomic mass is 31.1. The van der Waals surface area contributed by atoms with Crippen LogP contribution in [0.15, 0.2) is 30.3 Å². The fourth-order valence-corrected chi connectivity index (χ4v) is 7.78. The monoisotopic (exact) mass is 232 g/mol. The Labute approximate surface area is 102 Å². The normalized spacial score (nSPS) is 40.8. The molecule has 0 aromatic heterocycles. The van der Waals surface area contributed by atoms with Crippen molar-refractivity contribution in [3.8, 4) is 0 Å². The van der Waals surface area contributed by atoms with Gasteiger partial charge in [0.25, 0.3) is 0 Å². The third-order valence-corrected chi connectivity index (χ3v) is 8.07. The maximum absolute atomic E-state index is 2.47. The molecule has 2 bridgehead atoms. The highest BCUT2D eigenvalue weighted by molar-refractivity contribution is 7.67. The van der Waals surface area contributed by atoms with Crippen molar-refractivity contribution in [2.75, 3.05) is 0 Å². The molecule has 86 valence electrons. The molecule has 0 aliphatic carbocycles. The molecule has 2 aliphatic heterocycles. The lowest BCUT2D eigenvalue weighted by Gasteiger charge is -2.20. The molecule has 0 saturated carbocycles. The van der Waals surface area contributed by atoms with Crippen molar-refractivity contribution in [2.45, 2.75) is 38.0 Å². The van der Waals surface area contributed by atoms with Crippen molar-refractivity contribution < 1.29 is 0 Å². The van der Waals surface area contributed by atoms with Crippen LogP contribution in [0.25, 0.3) is 0 Å². The first-order valence-electron chi connectivity index (χ1n) is 6.11. The Bertz CT molecular complexity index is 335. The summed E-state index contributed by atoms with van der Waals surface area (Å²) in [6.45, 7) is 4.93. The molecule has 0 N–H and O–H groups in total. The molecule has 2 heterocycles. The van der Waals surface area contributed by atoms with E-state index in [2.05, 4.69) is 44.2 Å². The van der Waals surface area contributed by atoms with E-state index in [-0.39, 0.29) is 16.3 Å². The SMILES string of the molecule is B.C[C@H]1C[C@@H]2[C@@H](C)C[C@H]1P2c1ccccc1. The molecule has 1 aromatic carbocycles. The zero-order valence-corrected chi connectivity index (χ0v) is 10.5. The van der Waals surface area contributed by atoms with E-state index in [9.17, 15) is 0 Å². The Morgan fingerprint density at radius 2 is 1.44 bits per heavy atom. The molecule has 16 heavy (non-hydrogen) atoms. The van der Waals surface area contributed by atoms with Crippen LogP contribution in [0, 0.1) is 11.8 Å². The summed E-state index contributed by atoms with van der Waals surface area (Å²) in [6, 6.07) is 11.3. The average molecular weight is 232 g/mol. The molecule has 2 fully saturated rings. The van der Waals surface area contributed by atoms with Gasteiger partial charge in [-0.25, -0.2) is 0 Å². The third-order valence-electron chi connectivity index (χ3n) is 4.31. The second-order valence-electron chi connectivity index (χ2n) is 5.30. The number of rotatable bonds is 1. The summed E-state index contributed by atoms with van der Waals surface area (Å²) in [7, 11) is 0.170. The van der Waals surface area contributed by atoms with E-state index in [0.29, 0.717) is 0 Å². The van der Waals surface area contributed by atoms with Gasteiger partial charge in [0.05, 0.1) is 8.41 Å². The first-order chi connectivity index (χ1) is 7.27. The minimum Gasteiger partial charge on any atom is -0.0684 e. The molecule has 2 aliphatic rings. The van der Waals surface area contributed by atoms with Gasteiger partial charge in [-0.05, 0) is 41.3 Å². The van der Waals surface area contributed by atoms with Crippen molar-refractivity contribution in [2.24, 2.45) is 11.8 Å². The second-order valence-corrected chi connectivity index (χ2v) is 7.96. The average Bonchev–Trinajstić information content (AvgIpc) is 2.73. The Morgan fingerprint density at radius 3 is 1.94 bits per heavy atom. The van der Waals surface area contributed by atoms with Gasteiger partial charge in [0, 0.05) is 0 Å². The van der Waals surface area contributed by atoms with Gasteiger partial charge in [0.2, 0.25) is 0 Å². The van der Waals surface area contributed by atoms with Crippen LogP contribution in [-0.4, -0.2) is 19.7 Å². The fourth-order valence-electron chi connectivity index (χ4n) is 3.55. The zero-order valence-electron chi connectivity index (χ0n) is 9.56. The Kier molecular flexibility index (Phi) is 3.45. The van der Waals surface area contributed by atoms with Gasteiger partial charge in [-0.15, -0.1) is 0 Å². The zero-order chi connectivity index (χ0) is 10.4. The number of hydrogen-bond donors (Lipinski definition) is 0. The van der Waals surface area contributed by atoms with E-state index in [4.69, 9.17) is 0 Å². The van der Waals surface area contributed by atoms with Gasteiger partial charge in [0.15, 0.2) is 0 Å². The van der Waals surface area contributed by atoms with Crippen molar-refractivity contribution in [1.29, 1.82) is 0 Å². The second kappa shape index (κ2) is 4.53. The largest absolute Gasteiger partial charge is 0.0814 e. The van der Waals surface area contributed by atoms with E-state index >= 15 is 0 Å². The van der Waals surface area contributed by atoms with Gasteiger partial charge in [-0.1, -0.05) is 52.1 Å². The van der Waals surface area contributed by atoms with Crippen molar-refractivity contribution in [3.05, 3.63) is 30.3 Å². The Balaban J connectivity index is 0.000000963. The first kappa shape index (κ1) is 12.2. The molecule has 0 radical (unpaired) electrons. The molecule has 0 amide bonds. The van der Waals surface area contributed by atoms with Crippen LogP contribution in [0.5, 0.6) is 0 Å². The van der Waals surface area contributed by atoms with Gasteiger partial charge in [-0.2, -0.15) is 0 Å². The molecule has 2 saturated heterocycles. The molecule has 0 nitrogen and oxygen atoms in total. The van der Waals surface area contributed by atoms with Crippen LogP contribution in [-0.2, 0) is 0 Å². The van der Waals surface area contributed by atoms with Gasteiger partial charge < -0.3 is 0 Å². The fraction of sp³-hybridized carbons (Fsp3) is 0.571. The third kappa shape index (κ3) is 1.74. The lowest BCUT2D eigenvalue weighted by Crippen LogP contribution is -2.18. The van der Waals surface area contributed by atoms with Gasteiger partial charge >= 0.3 is 0 Å². The lowest BCUT2D eigenvalue weighted by molar-refractivity contribution is 0.365. The topological polar surface area (TPSA) is 0 Å². The van der Waals surface area contributed by atoms with Gasteiger partial charge in [0.1, 0.15) is 0 Å². The highest BCUT2D eigenvalue weighted by Gasteiger charge is 2.49. The quantitative estimate of drug-likeness (QED) is 0.515. The van der Waals surface area contributed by atoms with Crippen LogP contribution in [0.3, 0.4) is 0 Å². The number of benzene rings is 1. The van der Waals surface area contributed by atoms with Crippen LogP contribution in [0.2, 0.25) is 0 Å².